The van der Waals surface area contributed by atoms with Gasteiger partial charge in [0.15, 0.2) is 17.7 Å². The van der Waals surface area contributed by atoms with Crippen LogP contribution in [0.2, 0.25) is 0 Å². The molecule has 10 N–H and O–H groups in total. The third-order valence-corrected chi connectivity index (χ3v) is 8.89. The fourth-order valence-electron chi connectivity index (χ4n) is 2.93. The van der Waals surface area contributed by atoms with Gasteiger partial charge in [0, 0.05) is 0 Å². The molecule has 0 aliphatic carbocycles. The Morgan fingerprint density at radius 1 is 1.03 bits per heavy atom. The Bertz CT molecular complexity index is 1280. The minimum Gasteiger partial charge on any atom is -0.387 e. The average molecular weight is 586 g/mol. The number of nitrogens with two attached hydrogens (primary N) is 1. The maximum Gasteiger partial charge on any atom is 0.477 e. The van der Waals surface area contributed by atoms with Gasteiger partial charge in [0.25, 0.3) is 0 Å². The zero-order chi connectivity index (χ0) is 26.4. The van der Waals surface area contributed by atoms with Gasteiger partial charge in [-0.25, -0.2) is 33.2 Å². The number of anilines is 1. The predicted octanol–water partition coefficient (Wildman–Crippen LogP) is -1.94. The third-order valence-electron chi connectivity index (χ3n) is 4.12. The highest BCUT2D eigenvalue weighted by Crippen LogP contribution is 2.61. The van der Waals surface area contributed by atoms with Crippen molar-refractivity contribution in [3.63, 3.8) is 0 Å². The van der Waals surface area contributed by atoms with Crippen molar-refractivity contribution in [3.05, 3.63) is 12.7 Å². The van der Waals surface area contributed by atoms with E-state index < -0.39 is 62.3 Å². The monoisotopic (exact) mass is 586 g/mol. The van der Waals surface area contributed by atoms with Gasteiger partial charge in [-0.15, -0.1) is 4.86 Å². The van der Waals surface area contributed by atoms with E-state index in [0.717, 1.165) is 22.1 Å². The van der Waals surface area contributed by atoms with Crippen LogP contribution in [0.4, 0.5) is 5.82 Å². The summed E-state index contributed by atoms with van der Waals surface area (Å²) in [6, 6.07) is 0. The molecule has 2 aromatic rings. The second kappa shape index (κ2) is 9.92. The first-order valence-corrected chi connectivity index (χ1v) is 15.0. The molecule has 0 spiro atoms. The lowest BCUT2D eigenvalue weighted by atomic mass is 10.1. The number of aliphatic hydroxyl groups is 1. The first kappa shape index (κ1) is 28.4. The van der Waals surface area contributed by atoms with E-state index in [1.807, 2.05) is 0 Å². The molecule has 3 heterocycles. The van der Waals surface area contributed by atoms with E-state index in [1.165, 1.54) is 0 Å². The number of imidazole rings is 1. The van der Waals surface area contributed by atoms with Crippen molar-refractivity contribution in [2.24, 2.45) is 0 Å². The van der Waals surface area contributed by atoms with E-state index in [4.69, 9.17) is 34.6 Å². The molecule has 0 bridgehead atoms. The SMILES string of the molecule is Nc1ncnc2c1ncn2[C@@H]1O[C@H](COP(=O)(O)O)[C@@H](O)[C@H]1OP(=O)(O)NP(=O)(O)OP(=O)(O)O. The number of phosphoric ester groups is 1. The molecular formula is C10H18N6O15P4. The molecule has 25 heteroatoms. The fourth-order valence-corrected chi connectivity index (χ4v) is 6.92. The number of hydrogen-bond acceptors (Lipinski definition) is 13. The molecule has 3 rings (SSSR count). The average Bonchev–Trinajstić information content (AvgIpc) is 3.19. The van der Waals surface area contributed by atoms with E-state index in [-0.39, 0.29) is 17.0 Å². The van der Waals surface area contributed by atoms with Crippen LogP contribution in [0.3, 0.4) is 0 Å². The number of ether oxygens (including phenoxy) is 1. The van der Waals surface area contributed by atoms with E-state index in [1.54, 1.807) is 0 Å². The van der Waals surface area contributed by atoms with Gasteiger partial charge < -0.3 is 44.9 Å². The fraction of sp³-hybridized carbons (Fsp3) is 0.500. The Balaban J connectivity index is 1.93. The summed E-state index contributed by atoms with van der Waals surface area (Å²) in [5.41, 5.74) is 5.67. The molecule has 0 amide bonds. The van der Waals surface area contributed by atoms with Crippen molar-refractivity contribution in [1.82, 2.24) is 24.4 Å². The number of rotatable bonds is 10. The number of nitrogens with zero attached hydrogens (tertiary/aromatic N) is 4. The highest BCUT2D eigenvalue weighted by molar-refractivity contribution is 7.70. The number of nitrogens with one attached hydrogen (secondary N) is 1. The Hall–Kier alpha value is -1.21. The lowest BCUT2D eigenvalue weighted by molar-refractivity contribution is -0.0486. The normalized spacial score (nSPS) is 27.1. The number of hydrogen-bond donors (Lipinski definition) is 9. The van der Waals surface area contributed by atoms with Gasteiger partial charge in [0.05, 0.1) is 12.9 Å². The van der Waals surface area contributed by atoms with E-state index in [2.05, 4.69) is 23.8 Å². The molecule has 21 nitrogen and oxygen atoms in total. The summed E-state index contributed by atoms with van der Waals surface area (Å²) >= 11 is 0. The van der Waals surface area contributed by atoms with Crippen molar-refractivity contribution >= 4 is 48.1 Å². The number of fused-ring (bicyclic) bond motifs is 1. The summed E-state index contributed by atoms with van der Waals surface area (Å²) in [6.07, 6.45) is -5.14. The van der Waals surface area contributed by atoms with E-state index >= 15 is 0 Å². The molecule has 198 valence electrons. The summed E-state index contributed by atoms with van der Waals surface area (Å²) in [6.45, 7) is -0.950. The van der Waals surface area contributed by atoms with Gasteiger partial charge in [-0.3, -0.25) is 13.6 Å². The molecule has 0 saturated carbocycles. The summed E-state index contributed by atoms with van der Waals surface area (Å²) < 4.78 is 65.2. The Kier molecular flexibility index (Phi) is 8.04. The Labute approximate surface area is 193 Å². The van der Waals surface area contributed by atoms with Gasteiger partial charge in [0.1, 0.15) is 30.2 Å². The number of nitrogen functional groups attached to an aromatic ring is 1. The quantitative estimate of drug-likeness (QED) is 0.137. The van der Waals surface area contributed by atoms with E-state index in [9.17, 15) is 33.2 Å². The molecule has 0 radical (unpaired) electrons. The van der Waals surface area contributed by atoms with Crippen molar-refractivity contribution in [2.75, 3.05) is 12.3 Å². The smallest absolute Gasteiger partial charge is 0.387 e. The Morgan fingerprint density at radius 3 is 2.29 bits per heavy atom. The first-order valence-electron chi connectivity index (χ1n) is 8.74. The number of aliphatic hydroxyl groups excluding tert-OH is 1. The molecular weight excluding hydrogens is 568 g/mol. The van der Waals surface area contributed by atoms with Crippen LogP contribution in [0.5, 0.6) is 0 Å². The van der Waals surface area contributed by atoms with Gasteiger partial charge in [-0.05, 0) is 0 Å². The molecule has 1 aliphatic rings. The highest BCUT2D eigenvalue weighted by atomic mass is 31.3. The van der Waals surface area contributed by atoms with Crippen LogP contribution < -0.4 is 10.6 Å². The minimum absolute atomic E-state index is 0.0273. The molecule has 2 aromatic heterocycles. The van der Waals surface area contributed by atoms with Crippen LogP contribution in [-0.2, 0) is 36.4 Å². The van der Waals surface area contributed by atoms with Gasteiger partial charge in [-0.2, -0.15) is 4.31 Å². The first-order chi connectivity index (χ1) is 15.9. The zero-order valence-electron chi connectivity index (χ0n) is 16.7. The summed E-state index contributed by atoms with van der Waals surface area (Å²) in [4.78, 5) is 67.1. The molecule has 0 aromatic carbocycles. The summed E-state index contributed by atoms with van der Waals surface area (Å²) in [5, 5.41) is 10.6. The lowest BCUT2D eigenvalue weighted by Crippen LogP contribution is -2.36. The summed E-state index contributed by atoms with van der Waals surface area (Å²) in [7, 11) is -21.8. The van der Waals surface area contributed by atoms with Crippen LogP contribution in [0.1, 0.15) is 6.23 Å². The minimum atomic E-state index is -5.65. The molecule has 1 saturated heterocycles. The third kappa shape index (κ3) is 7.41. The summed E-state index contributed by atoms with van der Waals surface area (Å²) in [5.74, 6) is -0.0866. The maximum absolute atomic E-state index is 12.4. The topological polar surface area (TPSA) is 328 Å². The second-order valence-electron chi connectivity index (χ2n) is 6.71. The van der Waals surface area contributed by atoms with Gasteiger partial charge in [0.2, 0.25) is 0 Å². The largest absolute Gasteiger partial charge is 0.477 e. The van der Waals surface area contributed by atoms with Gasteiger partial charge in [-0.1, -0.05) is 0 Å². The number of phosphoric acid groups is 2. The van der Waals surface area contributed by atoms with Crippen LogP contribution in [0.15, 0.2) is 12.7 Å². The maximum atomic E-state index is 12.4. The standard InChI is InChI=1S/C10H18N6O15P4/c11-8-5-9(13-2-12-8)16(3-14-5)10-7(6(17)4(29-10)1-28-34(22,23)24)30-32(18,19)15-33(20,21)31-35(25,26)27/h2-4,6-7,10,17H,1H2,(H2,11,12,13)(H2,22,23,24)(H2,25,26,27)(H3,15,18,19,20,21)/t4-,6-,7-,10-/m1/s1. The van der Waals surface area contributed by atoms with E-state index in [0.29, 0.717) is 0 Å². The van der Waals surface area contributed by atoms with Crippen LogP contribution >= 0.6 is 31.1 Å². The zero-order valence-corrected chi connectivity index (χ0v) is 20.3. The Morgan fingerprint density at radius 2 is 1.69 bits per heavy atom. The molecule has 6 atom stereocenters. The van der Waals surface area contributed by atoms with Crippen molar-refractivity contribution in [1.29, 1.82) is 0 Å². The van der Waals surface area contributed by atoms with Crippen molar-refractivity contribution in [3.8, 4) is 0 Å². The predicted molar refractivity (Wildman–Crippen MR) is 108 cm³/mol. The van der Waals surface area contributed by atoms with Crippen molar-refractivity contribution < 1.29 is 70.8 Å². The second-order valence-corrected chi connectivity index (χ2v) is 12.7. The molecule has 2 unspecified atom stereocenters. The highest BCUT2D eigenvalue weighted by Gasteiger charge is 2.51. The molecule has 1 fully saturated rings. The van der Waals surface area contributed by atoms with Crippen LogP contribution in [-0.4, -0.2) is 78.9 Å². The molecule has 35 heavy (non-hydrogen) atoms. The van der Waals surface area contributed by atoms with Gasteiger partial charge >= 0.3 is 31.1 Å². The van der Waals surface area contributed by atoms with Crippen LogP contribution in [0.25, 0.3) is 11.2 Å². The van der Waals surface area contributed by atoms with Crippen LogP contribution in [0, 0.1) is 0 Å². The number of aromatic nitrogens is 4. The molecule has 1 aliphatic heterocycles. The lowest BCUT2D eigenvalue weighted by Gasteiger charge is -2.25. The van der Waals surface area contributed by atoms with Crippen molar-refractivity contribution in [2.45, 2.75) is 24.5 Å².